The zero-order chi connectivity index (χ0) is 19.0. The van der Waals surface area contributed by atoms with Crippen molar-refractivity contribution in [3.63, 3.8) is 0 Å². The Balaban J connectivity index is 2.24. The highest BCUT2D eigenvalue weighted by Gasteiger charge is 2.48. The summed E-state index contributed by atoms with van der Waals surface area (Å²) in [5.74, 6) is 0. The zero-order valence-corrected chi connectivity index (χ0v) is 17.7. The molecule has 25 heavy (non-hydrogen) atoms. The Hall–Kier alpha value is -0.120. The van der Waals surface area contributed by atoms with Crippen LogP contribution in [0.2, 0.25) is 0 Å². The Morgan fingerprint density at radius 3 is 1.80 bits per heavy atom. The molecule has 3 nitrogen and oxygen atoms in total. The predicted octanol–water partition coefficient (Wildman–Crippen LogP) is 5.11. The summed E-state index contributed by atoms with van der Waals surface area (Å²) in [4.78, 5) is 0. The van der Waals surface area contributed by atoms with Crippen molar-refractivity contribution in [2.24, 2.45) is 28.0 Å². The van der Waals surface area contributed by atoms with Crippen LogP contribution in [0.1, 0.15) is 111 Å². The van der Waals surface area contributed by atoms with E-state index in [2.05, 4.69) is 27.7 Å². The summed E-state index contributed by atoms with van der Waals surface area (Å²) in [6.07, 6.45) is 16.4. The van der Waals surface area contributed by atoms with Gasteiger partial charge in [0.05, 0.1) is 0 Å². The number of hydrogen-bond acceptors (Lipinski definition) is 3. The summed E-state index contributed by atoms with van der Waals surface area (Å²) in [7, 11) is 0. The summed E-state index contributed by atoms with van der Waals surface area (Å²) in [5.41, 5.74) is 19.1. The largest absolute Gasteiger partial charge is 0.330 e. The van der Waals surface area contributed by atoms with Crippen LogP contribution in [-0.2, 0) is 0 Å². The fourth-order valence-electron chi connectivity index (χ4n) is 5.17. The molecule has 3 heteroatoms. The van der Waals surface area contributed by atoms with Gasteiger partial charge in [0.2, 0.25) is 0 Å². The molecule has 1 rings (SSSR count). The molecule has 0 heterocycles. The van der Waals surface area contributed by atoms with Crippen LogP contribution in [0.15, 0.2) is 0 Å². The van der Waals surface area contributed by atoms with Crippen LogP contribution in [0.4, 0.5) is 0 Å². The van der Waals surface area contributed by atoms with Gasteiger partial charge in [-0.15, -0.1) is 0 Å². The molecule has 0 bridgehead atoms. The second kappa shape index (κ2) is 10.3. The Morgan fingerprint density at radius 1 is 0.840 bits per heavy atom. The molecule has 1 aliphatic carbocycles. The average molecular weight is 354 g/mol. The lowest BCUT2D eigenvalue weighted by Crippen LogP contribution is -2.58. The third-order valence-electron chi connectivity index (χ3n) is 6.68. The van der Waals surface area contributed by atoms with Crippen LogP contribution < -0.4 is 17.2 Å². The molecule has 3 unspecified atom stereocenters. The maximum atomic E-state index is 6.85. The summed E-state index contributed by atoms with van der Waals surface area (Å²) in [6, 6.07) is 0.302. The molecule has 1 fully saturated rings. The zero-order valence-electron chi connectivity index (χ0n) is 17.7. The van der Waals surface area contributed by atoms with E-state index in [1.54, 1.807) is 0 Å². The van der Waals surface area contributed by atoms with E-state index in [9.17, 15) is 0 Å². The molecule has 0 aliphatic heterocycles. The molecule has 6 N–H and O–H groups in total. The highest BCUT2D eigenvalue weighted by molar-refractivity contribution is 5.04. The maximum absolute atomic E-state index is 6.85. The summed E-state index contributed by atoms with van der Waals surface area (Å²) in [5, 5.41) is 0. The van der Waals surface area contributed by atoms with Gasteiger partial charge in [-0.1, -0.05) is 72.1 Å². The molecule has 0 radical (unpaired) electrons. The van der Waals surface area contributed by atoms with E-state index in [0.717, 1.165) is 25.8 Å². The van der Waals surface area contributed by atoms with E-state index in [0.29, 0.717) is 11.5 Å². The first kappa shape index (κ1) is 22.9. The van der Waals surface area contributed by atoms with Crippen molar-refractivity contribution in [1.29, 1.82) is 0 Å². The molecule has 1 aliphatic rings. The molecular formula is C22H47N3. The lowest BCUT2D eigenvalue weighted by Gasteiger charge is -2.53. The molecule has 0 aromatic carbocycles. The smallest absolute Gasteiger partial charge is 0.0180 e. The third kappa shape index (κ3) is 7.97. The van der Waals surface area contributed by atoms with Crippen molar-refractivity contribution >= 4 is 0 Å². The number of nitrogens with two attached hydrogens (primary N) is 3. The van der Waals surface area contributed by atoms with E-state index >= 15 is 0 Å². The predicted molar refractivity (Wildman–Crippen MR) is 112 cm³/mol. The van der Waals surface area contributed by atoms with Gasteiger partial charge >= 0.3 is 0 Å². The van der Waals surface area contributed by atoms with Crippen molar-refractivity contribution < 1.29 is 0 Å². The monoisotopic (exact) mass is 353 g/mol. The summed E-state index contributed by atoms with van der Waals surface area (Å²) >= 11 is 0. The summed E-state index contributed by atoms with van der Waals surface area (Å²) in [6.45, 7) is 10.2. The highest BCUT2D eigenvalue weighted by Crippen LogP contribution is 2.51. The molecule has 1 saturated carbocycles. The third-order valence-corrected chi connectivity index (χ3v) is 6.68. The maximum Gasteiger partial charge on any atom is 0.0180 e. The van der Waals surface area contributed by atoms with Crippen LogP contribution >= 0.6 is 0 Å². The molecule has 0 saturated heterocycles. The topological polar surface area (TPSA) is 78.1 Å². The minimum absolute atomic E-state index is 0.107. The quantitative estimate of drug-likeness (QED) is 0.427. The number of unbranched alkanes of at least 4 members (excludes halogenated alkanes) is 8. The first-order chi connectivity index (χ1) is 11.6. The Labute approximate surface area is 157 Å². The van der Waals surface area contributed by atoms with Crippen LogP contribution in [-0.4, -0.2) is 18.1 Å². The van der Waals surface area contributed by atoms with E-state index in [1.807, 2.05) is 0 Å². The molecule has 0 spiro atoms. The van der Waals surface area contributed by atoms with Gasteiger partial charge in [0, 0.05) is 11.6 Å². The molecule has 0 aromatic rings. The van der Waals surface area contributed by atoms with Gasteiger partial charge in [-0.05, 0) is 56.4 Å². The summed E-state index contributed by atoms with van der Waals surface area (Å²) < 4.78 is 0. The van der Waals surface area contributed by atoms with Crippen LogP contribution in [0.3, 0.4) is 0 Å². The van der Waals surface area contributed by atoms with Gasteiger partial charge in [-0.3, -0.25) is 0 Å². The van der Waals surface area contributed by atoms with Gasteiger partial charge in [0.1, 0.15) is 0 Å². The van der Waals surface area contributed by atoms with Crippen molar-refractivity contribution in [1.82, 2.24) is 0 Å². The van der Waals surface area contributed by atoms with Gasteiger partial charge in [-0.2, -0.15) is 0 Å². The van der Waals surface area contributed by atoms with Crippen LogP contribution in [0, 0.1) is 10.8 Å². The molecular weight excluding hydrogens is 306 g/mol. The SMILES string of the molecule is CC1(C)CC(N)CC(C)(C(C)(N)CCCCCCCCCCCN)C1. The van der Waals surface area contributed by atoms with Gasteiger partial charge in [0.25, 0.3) is 0 Å². The van der Waals surface area contributed by atoms with Gasteiger partial charge in [0.15, 0.2) is 0 Å². The first-order valence-electron chi connectivity index (χ1n) is 10.9. The highest BCUT2D eigenvalue weighted by atomic mass is 14.8. The standard InChI is InChI=1S/C22H47N3/c1-20(2)16-19(24)17-21(3,18-20)22(4,25)14-12-10-8-6-5-7-9-11-13-15-23/h19H,5-18,23-25H2,1-4H3. The van der Waals surface area contributed by atoms with Gasteiger partial charge < -0.3 is 17.2 Å². The molecule has 0 aromatic heterocycles. The van der Waals surface area contributed by atoms with Crippen molar-refractivity contribution in [3.8, 4) is 0 Å². The van der Waals surface area contributed by atoms with Crippen molar-refractivity contribution in [3.05, 3.63) is 0 Å². The second-order valence-corrected chi connectivity index (χ2v) is 10.2. The van der Waals surface area contributed by atoms with Crippen molar-refractivity contribution in [2.75, 3.05) is 6.54 Å². The van der Waals surface area contributed by atoms with Crippen LogP contribution in [0.5, 0.6) is 0 Å². The lowest BCUT2D eigenvalue weighted by atomic mass is 9.55. The molecule has 150 valence electrons. The second-order valence-electron chi connectivity index (χ2n) is 10.2. The van der Waals surface area contributed by atoms with Crippen LogP contribution in [0.25, 0.3) is 0 Å². The Bertz CT molecular complexity index is 364. The minimum Gasteiger partial charge on any atom is -0.330 e. The fraction of sp³-hybridized carbons (Fsp3) is 1.00. The normalized spacial score (nSPS) is 28.7. The Morgan fingerprint density at radius 2 is 1.32 bits per heavy atom. The van der Waals surface area contributed by atoms with E-state index < -0.39 is 0 Å². The minimum atomic E-state index is -0.107. The van der Waals surface area contributed by atoms with Crippen molar-refractivity contribution in [2.45, 2.75) is 123 Å². The number of rotatable bonds is 12. The fourth-order valence-corrected chi connectivity index (χ4v) is 5.17. The first-order valence-corrected chi connectivity index (χ1v) is 10.9. The van der Waals surface area contributed by atoms with E-state index in [4.69, 9.17) is 17.2 Å². The van der Waals surface area contributed by atoms with E-state index in [-0.39, 0.29) is 11.0 Å². The van der Waals surface area contributed by atoms with Gasteiger partial charge in [-0.25, -0.2) is 0 Å². The van der Waals surface area contributed by atoms with E-state index in [1.165, 1.54) is 64.2 Å². The molecule has 0 amide bonds. The number of hydrogen-bond donors (Lipinski definition) is 3. The molecule has 3 atom stereocenters. The lowest BCUT2D eigenvalue weighted by molar-refractivity contribution is 0.0154. The average Bonchev–Trinajstić information content (AvgIpc) is 2.46. The Kier molecular flexibility index (Phi) is 9.42.